The lowest BCUT2D eigenvalue weighted by Gasteiger charge is -2.21. The molecule has 2 aliphatic carbocycles. The van der Waals surface area contributed by atoms with Crippen LogP contribution in [0.25, 0.3) is 10.4 Å². The number of rotatable bonds is 1. The zero-order chi connectivity index (χ0) is 18.5. The van der Waals surface area contributed by atoms with E-state index >= 15 is 0 Å². The Morgan fingerprint density at radius 1 is 0.923 bits per heavy atom. The van der Waals surface area contributed by atoms with Crippen LogP contribution in [0.2, 0.25) is 0 Å². The molecule has 0 fully saturated rings. The molecule has 0 heterocycles. The summed E-state index contributed by atoms with van der Waals surface area (Å²) >= 11 is 0. The van der Waals surface area contributed by atoms with E-state index in [0.717, 1.165) is 60.8 Å². The molecule has 6 heteroatoms. The Hall–Kier alpha value is -2.43. The Morgan fingerprint density at radius 3 is 2.15 bits per heavy atom. The number of aliphatic hydroxyl groups is 1. The van der Waals surface area contributed by atoms with Crippen LogP contribution >= 0.6 is 0 Å². The van der Waals surface area contributed by atoms with E-state index in [-0.39, 0.29) is 17.7 Å². The van der Waals surface area contributed by atoms with Crippen molar-refractivity contribution in [3.63, 3.8) is 0 Å². The van der Waals surface area contributed by atoms with E-state index in [1.165, 1.54) is 24.3 Å². The SMILES string of the molecule is O[C@H]1CCCc2ccc(F)cc21.[N-]=[N+]=N[C@@H]1CCCc2ccc(F)cc21. The summed E-state index contributed by atoms with van der Waals surface area (Å²) in [4.78, 5) is 2.79. The van der Waals surface area contributed by atoms with Gasteiger partial charge < -0.3 is 5.11 Å². The van der Waals surface area contributed by atoms with Gasteiger partial charge in [0.05, 0.1) is 12.1 Å². The maximum atomic E-state index is 13.0. The van der Waals surface area contributed by atoms with Gasteiger partial charge in [-0.3, -0.25) is 0 Å². The fourth-order valence-corrected chi connectivity index (χ4v) is 3.67. The average Bonchev–Trinajstić information content (AvgIpc) is 2.64. The topological polar surface area (TPSA) is 69.0 Å². The van der Waals surface area contributed by atoms with Crippen molar-refractivity contribution in [1.29, 1.82) is 0 Å². The number of azide groups is 1. The van der Waals surface area contributed by atoms with Gasteiger partial charge in [-0.25, -0.2) is 8.78 Å². The molecule has 2 atom stereocenters. The molecule has 0 saturated heterocycles. The van der Waals surface area contributed by atoms with Gasteiger partial charge in [-0.2, -0.15) is 0 Å². The molecule has 2 aromatic rings. The van der Waals surface area contributed by atoms with Crippen molar-refractivity contribution < 1.29 is 13.9 Å². The Balaban J connectivity index is 0.000000152. The molecule has 0 aliphatic heterocycles. The van der Waals surface area contributed by atoms with Gasteiger partial charge in [-0.05, 0) is 90.6 Å². The van der Waals surface area contributed by atoms with E-state index in [0.29, 0.717) is 0 Å². The Labute approximate surface area is 151 Å². The third kappa shape index (κ3) is 4.21. The van der Waals surface area contributed by atoms with Gasteiger partial charge in [0.2, 0.25) is 0 Å². The molecule has 2 aromatic carbocycles. The normalized spacial score (nSPS) is 20.7. The number of fused-ring (bicyclic) bond motifs is 2. The highest BCUT2D eigenvalue weighted by Crippen LogP contribution is 2.33. The lowest BCUT2D eigenvalue weighted by Crippen LogP contribution is -2.09. The molecular formula is C20H21F2N3O. The van der Waals surface area contributed by atoms with Crippen molar-refractivity contribution >= 4 is 0 Å². The highest BCUT2D eigenvalue weighted by atomic mass is 19.1. The third-order valence-corrected chi connectivity index (χ3v) is 4.97. The van der Waals surface area contributed by atoms with Crippen LogP contribution < -0.4 is 0 Å². The first-order valence-corrected chi connectivity index (χ1v) is 8.87. The Bertz CT molecular complexity index is 834. The van der Waals surface area contributed by atoms with Gasteiger partial charge in [-0.1, -0.05) is 17.2 Å². The van der Waals surface area contributed by atoms with Gasteiger partial charge in [0.15, 0.2) is 0 Å². The zero-order valence-electron chi connectivity index (χ0n) is 14.4. The van der Waals surface area contributed by atoms with Crippen molar-refractivity contribution in [2.24, 2.45) is 5.11 Å². The van der Waals surface area contributed by atoms with Crippen molar-refractivity contribution in [3.8, 4) is 0 Å². The van der Waals surface area contributed by atoms with Gasteiger partial charge in [0, 0.05) is 4.91 Å². The summed E-state index contributed by atoms with van der Waals surface area (Å²) in [6.07, 6.45) is 5.04. The largest absolute Gasteiger partial charge is 0.388 e. The molecule has 4 nitrogen and oxygen atoms in total. The third-order valence-electron chi connectivity index (χ3n) is 4.97. The smallest absolute Gasteiger partial charge is 0.123 e. The molecule has 136 valence electrons. The maximum Gasteiger partial charge on any atom is 0.123 e. The fourth-order valence-electron chi connectivity index (χ4n) is 3.67. The molecule has 0 saturated carbocycles. The molecule has 26 heavy (non-hydrogen) atoms. The van der Waals surface area contributed by atoms with Crippen molar-refractivity contribution in [2.45, 2.75) is 50.7 Å². The minimum atomic E-state index is -0.454. The second kappa shape index (κ2) is 8.30. The van der Waals surface area contributed by atoms with E-state index < -0.39 is 6.10 Å². The van der Waals surface area contributed by atoms with E-state index in [2.05, 4.69) is 10.0 Å². The monoisotopic (exact) mass is 357 g/mol. The molecule has 2 aliphatic rings. The van der Waals surface area contributed by atoms with Crippen LogP contribution in [0.1, 0.15) is 60.1 Å². The Morgan fingerprint density at radius 2 is 1.50 bits per heavy atom. The summed E-state index contributed by atoms with van der Waals surface area (Å²) < 4.78 is 25.7. The summed E-state index contributed by atoms with van der Waals surface area (Å²) in [5.41, 5.74) is 12.2. The highest BCUT2D eigenvalue weighted by molar-refractivity contribution is 5.33. The van der Waals surface area contributed by atoms with E-state index in [1.807, 2.05) is 0 Å². The molecule has 0 amide bonds. The number of benzene rings is 2. The maximum absolute atomic E-state index is 13.0. The molecule has 0 spiro atoms. The van der Waals surface area contributed by atoms with Crippen LogP contribution in [0, 0.1) is 11.6 Å². The minimum absolute atomic E-state index is 0.181. The molecular weight excluding hydrogens is 336 g/mol. The predicted molar refractivity (Wildman–Crippen MR) is 95.5 cm³/mol. The van der Waals surface area contributed by atoms with Crippen LogP contribution in [-0.2, 0) is 12.8 Å². The minimum Gasteiger partial charge on any atom is -0.388 e. The van der Waals surface area contributed by atoms with Crippen molar-refractivity contribution in [3.05, 3.63) is 80.7 Å². The number of hydrogen-bond acceptors (Lipinski definition) is 2. The van der Waals surface area contributed by atoms with Crippen molar-refractivity contribution in [1.82, 2.24) is 0 Å². The standard InChI is InChI=1S/C10H10FN3.C10H11FO/c11-8-5-4-7-2-1-3-10(13-14-12)9(7)6-8;11-8-5-4-7-2-1-3-10(12)9(7)6-8/h4-6,10H,1-3H2;4-6,10,12H,1-3H2/t2*10-/m10/s1. The summed E-state index contributed by atoms with van der Waals surface area (Å²) in [5, 5.41) is 13.2. The number of hydrogen-bond donors (Lipinski definition) is 1. The van der Waals surface area contributed by atoms with Crippen molar-refractivity contribution in [2.75, 3.05) is 0 Å². The lowest BCUT2D eigenvalue weighted by molar-refractivity contribution is 0.156. The summed E-state index contributed by atoms with van der Waals surface area (Å²) in [6, 6.07) is 9.21. The zero-order valence-corrected chi connectivity index (χ0v) is 14.4. The van der Waals surface area contributed by atoms with Gasteiger partial charge in [0.25, 0.3) is 0 Å². The Kier molecular flexibility index (Phi) is 5.86. The summed E-state index contributed by atoms with van der Waals surface area (Å²) in [7, 11) is 0. The van der Waals surface area contributed by atoms with Crippen LogP contribution in [0.15, 0.2) is 41.5 Å². The molecule has 0 bridgehead atoms. The first kappa shape index (κ1) is 18.4. The molecule has 1 N–H and O–H groups in total. The first-order chi connectivity index (χ1) is 12.6. The van der Waals surface area contributed by atoms with Crippen LogP contribution in [0.4, 0.5) is 8.78 Å². The summed E-state index contributed by atoms with van der Waals surface area (Å²) in [6.45, 7) is 0. The molecule has 0 radical (unpaired) electrons. The number of aryl methyl sites for hydroxylation is 2. The summed E-state index contributed by atoms with van der Waals surface area (Å²) in [5.74, 6) is -0.515. The van der Waals surface area contributed by atoms with Crippen LogP contribution in [-0.4, -0.2) is 5.11 Å². The predicted octanol–water partition coefficient (Wildman–Crippen LogP) is 5.71. The highest BCUT2D eigenvalue weighted by Gasteiger charge is 2.19. The quantitative estimate of drug-likeness (QED) is 0.396. The average molecular weight is 357 g/mol. The number of halogens is 2. The van der Waals surface area contributed by atoms with Gasteiger partial charge in [0.1, 0.15) is 11.6 Å². The lowest BCUT2D eigenvalue weighted by atomic mass is 9.88. The second-order valence-corrected chi connectivity index (χ2v) is 6.71. The fraction of sp³-hybridized carbons (Fsp3) is 0.400. The van der Waals surface area contributed by atoms with E-state index in [4.69, 9.17) is 5.53 Å². The first-order valence-electron chi connectivity index (χ1n) is 8.87. The van der Waals surface area contributed by atoms with Crippen LogP contribution in [0.3, 0.4) is 0 Å². The number of aliphatic hydroxyl groups excluding tert-OH is 1. The van der Waals surface area contributed by atoms with Gasteiger partial charge >= 0.3 is 0 Å². The molecule has 0 aromatic heterocycles. The van der Waals surface area contributed by atoms with Crippen LogP contribution in [0.5, 0.6) is 0 Å². The second-order valence-electron chi connectivity index (χ2n) is 6.71. The van der Waals surface area contributed by atoms with E-state index in [1.54, 1.807) is 12.1 Å². The van der Waals surface area contributed by atoms with E-state index in [9.17, 15) is 13.9 Å². The number of nitrogens with zero attached hydrogens (tertiary/aromatic N) is 3. The molecule has 4 rings (SSSR count). The molecule has 0 unspecified atom stereocenters. The van der Waals surface area contributed by atoms with Gasteiger partial charge in [-0.15, -0.1) is 0 Å².